The highest BCUT2D eigenvalue weighted by Gasteiger charge is 2.09. The van der Waals surface area contributed by atoms with Gasteiger partial charge in [-0.05, 0) is 37.6 Å². The quantitative estimate of drug-likeness (QED) is 0.800. The van der Waals surface area contributed by atoms with Gasteiger partial charge in [-0.15, -0.1) is 6.58 Å². The van der Waals surface area contributed by atoms with Crippen LogP contribution in [0.5, 0.6) is 0 Å². The van der Waals surface area contributed by atoms with E-state index in [-0.39, 0.29) is 0 Å². The fourth-order valence-electron chi connectivity index (χ4n) is 2.07. The summed E-state index contributed by atoms with van der Waals surface area (Å²) >= 11 is 0. The predicted octanol–water partition coefficient (Wildman–Crippen LogP) is 2.42. The van der Waals surface area contributed by atoms with E-state index in [1.807, 2.05) is 6.08 Å². The lowest BCUT2D eigenvalue weighted by Gasteiger charge is -2.05. The fraction of sp³-hybridized carbons (Fsp3) is 0.357. The lowest BCUT2D eigenvalue weighted by molar-refractivity contribution is 0.712. The molecule has 0 spiro atoms. The van der Waals surface area contributed by atoms with E-state index < -0.39 is 0 Å². The number of rotatable bonds is 5. The van der Waals surface area contributed by atoms with E-state index in [1.54, 1.807) is 0 Å². The minimum absolute atomic E-state index is 0.705. The number of nitrogens with zero attached hydrogens (tertiary/aromatic N) is 2. The Balaban J connectivity index is 2.49. The van der Waals surface area contributed by atoms with Gasteiger partial charge in [0.15, 0.2) is 0 Å². The molecule has 1 heterocycles. The van der Waals surface area contributed by atoms with Crippen LogP contribution >= 0.6 is 0 Å². The molecular weight excluding hydrogens is 210 g/mol. The summed E-state index contributed by atoms with van der Waals surface area (Å²) in [5.41, 5.74) is 9.05. The van der Waals surface area contributed by atoms with Crippen LogP contribution in [0.15, 0.2) is 30.9 Å². The molecule has 0 aliphatic rings. The van der Waals surface area contributed by atoms with Crippen LogP contribution in [-0.2, 0) is 13.0 Å². The summed E-state index contributed by atoms with van der Waals surface area (Å²) in [5.74, 6) is 1.11. The Morgan fingerprint density at radius 3 is 3.00 bits per heavy atom. The lowest BCUT2D eigenvalue weighted by Crippen LogP contribution is -2.06. The van der Waals surface area contributed by atoms with E-state index in [0.717, 1.165) is 30.7 Å². The van der Waals surface area contributed by atoms with Crippen molar-refractivity contribution in [1.82, 2.24) is 9.55 Å². The van der Waals surface area contributed by atoms with Crippen LogP contribution in [0.2, 0.25) is 0 Å². The summed E-state index contributed by atoms with van der Waals surface area (Å²) in [7, 11) is 0. The van der Waals surface area contributed by atoms with E-state index in [4.69, 9.17) is 5.73 Å². The van der Waals surface area contributed by atoms with Crippen molar-refractivity contribution in [3.8, 4) is 0 Å². The van der Waals surface area contributed by atoms with Crippen LogP contribution in [0, 0.1) is 6.92 Å². The van der Waals surface area contributed by atoms with Crippen LogP contribution in [0.1, 0.15) is 17.8 Å². The number of hydrogen-bond donors (Lipinski definition) is 1. The van der Waals surface area contributed by atoms with Crippen molar-refractivity contribution in [2.24, 2.45) is 5.73 Å². The Morgan fingerprint density at radius 1 is 1.47 bits per heavy atom. The van der Waals surface area contributed by atoms with Crippen LogP contribution in [0.3, 0.4) is 0 Å². The lowest BCUT2D eigenvalue weighted by atomic mass is 10.2. The number of aromatic nitrogens is 2. The first-order chi connectivity index (χ1) is 8.26. The predicted molar refractivity (Wildman–Crippen MR) is 72.0 cm³/mol. The van der Waals surface area contributed by atoms with Gasteiger partial charge in [-0.2, -0.15) is 0 Å². The van der Waals surface area contributed by atoms with Gasteiger partial charge in [0, 0.05) is 13.0 Å². The summed E-state index contributed by atoms with van der Waals surface area (Å²) < 4.78 is 2.22. The maximum Gasteiger partial charge on any atom is 0.110 e. The molecule has 0 aliphatic carbocycles. The molecule has 3 nitrogen and oxygen atoms in total. The van der Waals surface area contributed by atoms with Crippen molar-refractivity contribution in [3.05, 3.63) is 42.2 Å². The molecule has 0 radical (unpaired) electrons. The normalized spacial score (nSPS) is 10.9. The monoisotopic (exact) mass is 229 g/mol. The van der Waals surface area contributed by atoms with Crippen molar-refractivity contribution in [2.75, 3.05) is 6.54 Å². The first-order valence-corrected chi connectivity index (χ1v) is 6.03. The average molecular weight is 229 g/mol. The second-order valence-electron chi connectivity index (χ2n) is 4.31. The van der Waals surface area contributed by atoms with Gasteiger partial charge in [0.1, 0.15) is 5.82 Å². The van der Waals surface area contributed by atoms with Gasteiger partial charge in [-0.3, -0.25) is 0 Å². The number of benzene rings is 1. The molecule has 0 atom stereocenters. The highest BCUT2D eigenvalue weighted by atomic mass is 15.1. The molecule has 0 unspecified atom stereocenters. The summed E-state index contributed by atoms with van der Waals surface area (Å²) in [6.07, 6.45) is 3.81. The Bertz CT molecular complexity index is 525. The summed E-state index contributed by atoms with van der Waals surface area (Å²) in [6, 6.07) is 6.38. The van der Waals surface area contributed by atoms with Crippen LogP contribution in [-0.4, -0.2) is 16.1 Å². The number of hydrogen-bond acceptors (Lipinski definition) is 2. The zero-order valence-electron chi connectivity index (χ0n) is 10.3. The topological polar surface area (TPSA) is 43.8 Å². The molecule has 90 valence electrons. The molecule has 2 N–H and O–H groups in total. The molecule has 1 aromatic heterocycles. The third-order valence-corrected chi connectivity index (χ3v) is 2.90. The maximum atomic E-state index is 5.56. The molecule has 0 aliphatic heterocycles. The minimum Gasteiger partial charge on any atom is -0.330 e. The second-order valence-corrected chi connectivity index (χ2v) is 4.31. The summed E-state index contributed by atoms with van der Waals surface area (Å²) in [4.78, 5) is 4.69. The smallest absolute Gasteiger partial charge is 0.110 e. The highest BCUT2D eigenvalue weighted by Crippen LogP contribution is 2.18. The standard InChI is InChI=1S/C14H19N3/c1-3-9-17-13-7-6-11(2)10-12(13)16-14(17)5-4-8-15/h3,6-7,10H,1,4-5,8-9,15H2,2H3. The van der Waals surface area contributed by atoms with Crippen molar-refractivity contribution >= 4 is 11.0 Å². The number of aryl methyl sites for hydroxylation is 2. The van der Waals surface area contributed by atoms with E-state index >= 15 is 0 Å². The highest BCUT2D eigenvalue weighted by molar-refractivity contribution is 5.77. The van der Waals surface area contributed by atoms with Gasteiger partial charge in [0.25, 0.3) is 0 Å². The van der Waals surface area contributed by atoms with E-state index in [0.29, 0.717) is 6.54 Å². The van der Waals surface area contributed by atoms with Gasteiger partial charge < -0.3 is 10.3 Å². The molecule has 0 saturated carbocycles. The largest absolute Gasteiger partial charge is 0.330 e. The molecule has 2 aromatic rings. The maximum absolute atomic E-state index is 5.56. The summed E-state index contributed by atoms with van der Waals surface area (Å²) in [6.45, 7) is 7.41. The molecule has 0 saturated heterocycles. The van der Waals surface area contributed by atoms with Gasteiger partial charge in [0.2, 0.25) is 0 Å². The molecule has 17 heavy (non-hydrogen) atoms. The van der Waals surface area contributed by atoms with Gasteiger partial charge in [0.05, 0.1) is 11.0 Å². The fourth-order valence-corrected chi connectivity index (χ4v) is 2.07. The Kier molecular flexibility index (Phi) is 3.59. The second kappa shape index (κ2) is 5.15. The van der Waals surface area contributed by atoms with Gasteiger partial charge in [-0.1, -0.05) is 12.1 Å². The molecule has 0 bridgehead atoms. The third-order valence-electron chi connectivity index (χ3n) is 2.90. The van der Waals surface area contributed by atoms with Crippen molar-refractivity contribution in [3.63, 3.8) is 0 Å². The first kappa shape index (κ1) is 11.9. The summed E-state index contributed by atoms with van der Waals surface area (Å²) in [5, 5.41) is 0. The minimum atomic E-state index is 0.705. The van der Waals surface area contributed by atoms with E-state index in [1.165, 1.54) is 11.1 Å². The van der Waals surface area contributed by atoms with Crippen molar-refractivity contribution < 1.29 is 0 Å². The average Bonchev–Trinajstić information content (AvgIpc) is 2.64. The third kappa shape index (κ3) is 2.39. The number of fused-ring (bicyclic) bond motifs is 1. The zero-order valence-corrected chi connectivity index (χ0v) is 10.3. The van der Waals surface area contributed by atoms with E-state index in [2.05, 4.69) is 41.3 Å². The number of imidazole rings is 1. The zero-order chi connectivity index (χ0) is 12.3. The molecule has 3 heteroatoms. The van der Waals surface area contributed by atoms with E-state index in [9.17, 15) is 0 Å². The molecular formula is C14H19N3. The molecule has 0 amide bonds. The SMILES string of the molecule is C=CCn1c(CCCN)nc2cc(C)ccc21. The molecule has 1 aromatic carbocycles. The Hall–Kier alpha value is -1.61. The first-order valence-electron chi connectivity index (χ1n) is 6.03. The van der Waals surface area contributed by atoms with Gasteiger partial charge >= 0.3 is 0 Å². The molecule has 2 rings (SSSR count). The van der Waals surface area contributed by atoms with Crippen LogP contribution in [0.4, 0.5) is 0 Å². The van der Waals surface area contributed by atoms with Crippen LogP contribution < -0.4 is 5.73 Å². The number of nitrogens with two attached hydrogens (primary N) is 1. The van der Waals surface area contributed by atoms with Crippen molar-refractivity contribution in [2.45, 2.75) is 26.3 Å². The van der Waals surface area contributed by atoms with Crippen LogP contribution in [0.25, 0.3) is 11.0 Å². The van der Waals surface area contributed by atoms with Crippen molar-refractivity contribution in [1.29, 1.82) is 0 Å². The molecule has 0 fully saturated rings. The Labute approximate surface area is 102 Å². The van der Waals surface area contributed by atoms with Gasteiger partial charge in [-0.25, -0.2) is 4.98 Å². The number of allylic oxidation sites excluding steroid dienone is 1. The Morgan fingerprint density at radius 2 is 2.29 bits per heavy atom.